The van der Waals surface area contributed by atoms with Crippen LogP contribution in [0.4, 0.5) is 0 Å². The van der Waals surface area contributed by atoms with Crippen molar-refractivity contribution in [2.45, 2.75) is 32.9 Å². The van der Waals surface area contributed by atoms with Crippen LogP contribution >= 0.6 is 0 Å². The summed E-state index contributed by atoms with van der Waals surface area (Å²) in [6.07, 6.45) is 3.70. The predicted molar refractivity (Wildman–Crippen MR) is 102 cm³/mol. The van der Waals surface area contributed by atoms with E-state index in [4.69, 9.17) is 10.5 Å². The van der Waals surface area contributed by atoms with Gasteiger partial charge in [0.25, 0.3) is 5.56 Å². The van der Waals surface area contributed by atoms with Crippen LogP contribution in [0, 0.1) is 6.92 Å². The van der Waals surface area contributed by atoms with E-state index in [1.165, 1.54) is 5.56 Å². The monoisotopic (exact) mass is 336 g/mol. The molecule has 0 unspecified atom stereocenters. The molecule has 3 aromatic rings. The Hall–Kier alpha value is -2.59. The second kappa shape index (κ2) is 7.99. The average Bonchev–Trinajstić information content (AvgIpc) is 2.63. The van der Waals surface area contributed by atoms with Gasteiger partial charge in [-0.15, -0.1) is 0 Å². The maximum Gasteiger partial charge on any atom is 0.258 e. The zero-order valence-corrected chi connectivity index (χ0v) is 14.6. The van der Waals surface area contributed by atoms with E-state index in [9.17, 15) is 4.79 Å². The smallest absolute Gasteiger partial charge is 0.258 e. The van der Waals surface area contributed by atoms with E-state index in [0.717, 1.165) is 34.9 Å². The number of aryl methyl sites for hydroxylation is 2. The normalized spacial score (nSPS) is 11.0. The van der Waals surface area contributed by atoms with Gasteiger partial charge in [0.1, 0.15) is 12.4 Å². The fourth-order valence-electron chi connectivity index (χ4n) is 2.81. The summed E-state index contributed by atoms with van der Waals surface area (Å²) < 4.78 is 7.62. The SMILES string of the molecule is Cc1ccc(COc2ccc3c(=O)n(CCCCN)ccc3c2)cc1. The largest absolute Gasteiger partial charge is 0.489 e. The van der Waals surface area contributed by atoms with Crippen molar-refractivity contribution < 1.29 is 4.74 Å². The number of fused-ring (bicyclic) bond motifs is 1. The number of rotatable bonds is 7. The molecule has 2 aromatic carbocycles. The first-order chi connectivity index (χ1) is 12.2. The highest BCUT2D eigenvalue weighted by molar-refractivity contribution is 5.82. The van der Waals surface area contributed by atoms with Crippen molar-refractivity contribution in [1.29, 1.82) is 0 Å². The minimum Gasteiger partial charge on any atom is -0.489 e. The molecule has 25 heavy (non-hydrogen) atoms. The highest BCUT2D eigenvalue weighted by Gasteiger charge is 2.05. The molecular weight excluding hydrogens is 312 g/mol. The third-order valence-corrected chi connectivity index (χ3v) is 4.33. The zero-order chi connectivity index (χ0) is 17.6. The van der Waals surface area contributed by atoms with Gasteiger partial charge in [0.15, 0.2) is 0 Å². The Morgan fingerprint density at radius 2 is 1.84 bits per heavy atom. The van der Waals surface area contributed by atoms with Crippen LogP contribution in [0.3, 0.4) is 0 Å². The lowest BCUT2D eigenvalue weighted by atomic mass is 10.1. The fraction of sp³-hybridized carbons (Fsp3) is 0.286. The van der Waals surface area contributed by atoms with Crippen LogP contribution in [0.5, 0.6) is 5.75 Å². The molecule has 130 valence electrons. The molecule has 0 atom stereocenters. The number of ether oxygens (including phenoxy) is 1. The topological polar surface area (TPSA) is 57.2 Å². The predicted octanol–water partition coefficient (Wildman–Crippen LogP) is 3.63. The van der Waals surface area contributed by atoms with Gasteiger partial charge in [-0.3, -0.25) is 4.79 Å². The summed E-state index contributed by atoms with van der Waals surface area (Å²) >= 11 is 0. The molecule has 0 spiro atoms. The standard InChI is InChI=1S/C21H24N2O2/c1-16-4-6-17(7-5-16)15-25-19-8-9-20-18(14-19)10-13-23(21(20)24)12-3-2-11-22/h4-10,13-14H,2-3,11-12,15,22H2,1H3. The van der Waals surface area contributed by atoms with Crippen LogP contribution in [0.2, 0.25) is 0 Å². The average molecular weight is 336 g/mol. The van der Waals surface area contributed by atoms with E-state index < -0.39 is 0 Å². The van der Waals surface area contributed by atoms with Crippen LogP contribution < -0.4 is 16.0 Å². The quantitative estimate of drug-likeness (QED) is 0.670. The second-order valence-corrected chi connectivity index (χ2v) is 6.33. The third kappa shape index (κ3) is 4.28. The van der Waals surface area contributed by atoms with E-state index in [1.54, 1.807) is 4.57 Å². The molecule has 0 radical (unpaired) electrons. The number of aromatic nitrogens is 1. The maximum atomic E-state index is 12.5. The molecule has 0 saturated carbocycles. The van der Waals surface area contributed by atoms with Gasteiger partial charge >= 0.3 is 0 Å². The van der Waals surface area contributed by atoms with Crippen LogP contribution in [-0.2, 0) is 13.2 Å². The van der Waals surface area contributed by atoms with Crippen LogP contribution in [0.25, 0.3) is 10.8 Å². The molecule has 1 heterocycles. The Bertz CT molecular complexity index is 898. The van der Waals surface area contributed by atoms with Crippen molar-refractivity contribution in [2.24, 2.45) is 5.73 Å². The molecule has 0 saturated heterocycles. The van der Waals surface area contributed by atoms with Crippen molar-refractivity contribution in [3.05, 3.63) is 76.2 Å². The summed E-state index contributed by atoms with van der Waals surface area (Å²) in [5.74, 6) is 0.772. The molecule has 0 bridgehead atoms. The van der Waals surface area contributed by atoms with Gasteiger partial charge in [-0.25, -0.2) is 0 Å². The first-order valence-corrected chi connectivity index (χ1v) is 8.69. The molecular formula is C21H24N2O2. The number of nitrogens with two attached hydrogens (primary N) is 1. The van der Waals surface area contributed by atoms with Gasteiger partial charge in [0, 0.05) is 18.1 Å². The summed E-state index contributed by atoms with van der Waals surface area (Å²) in [6.45, 7) is 3.94. The molecule has 3 rings (SSSR count). The summed E-state index contributed by atoms with van der Waals surface area (Å²) in [5.41, 5.74) is 7.92. The number of hydrogen-bond donors (Lipinski definition) is 1. The highest BCUT2D eigenvalue weighted by atomic mass is 16.5. The van der Waals surface area contributed by atoms with Gasteiger partial charge in [-0.05, 0) is 61.5 Å². The van der Waals surface area contributed by atoms with E-state index in [0.29, 0.717) is 19.7 Å². The van der Waals surface area contributed by atoms with E-state index >= 15 is 0 Å². The van der Waals surface area contributed by atoms with Crippen LogP contribution in [0.1, 0.15) is 24.0 Å². The van der Waals surface area contributed by atoms with Crippen molar-refractivity contribution in [1.82, 2.24) is 4.57 Å². The lowest BCUT2D eigenvalue weighted by molar-refractivity contribution is 0.306. The summed E-state index contributed by atoms with van der Waals surface area (Å²) in [6, 6.07) is 15.9. The first-order valence-electron chi connectivity index (χ1n) is 8.69. The Balaban J connectivity index is 1.74. The Kier molecular flexibility index (Phi) is 5.51. The summed E-state index contributed by atoms with van der Waals surface area (Å²) in [4.78, 5) is 12.5. The second-order valence-electron chi connectivity index (χ2n) is 6.33. The number of nitrogens with zero attached hydrogens (tertiary/aromatic N) is 1. The van der Waals surface area contributed by atoms with Gasteiger partial charge in [-0.2, -0.15) is 0 Å². The van der Waals surface area contributed by atoms with Crippen LogP contribution in [-0.4, -0.2) is 11.1 Å². The summed E-state index contributed by atoms with van der Waals surface area (Å²) in [5, 5.41) is 1.62. The molecule has 4 nitrogen and oxygen atoms in total. The van der Waals surface area contributed by atoms with E-state index in [2.05, 4.69) is 31.2 Å². The Morgan fingerprint density at radius 1 is 1.04 bits per heavy atom. The molecule has 0 amide bonds. The van der Waals surface area contributed by atoms with Crippen molar-refractivity contribution >= 4 is 10.8 Å². The number of pyridine rings is 1. The fourth-order valence-corrected chi connectivity index (χ4v) is 2.81. The minimum absolute atomic E-state index is 0.0413. The molecule has 4 heteroatoms. The molecule has 0 fully saturated rings. The van der Waals surface area contributed by atoms with E-state index in [1.807, 2.05) is 30.5 Å². The van der Waals surface area contributed by atoms with Gasteiger partial charge < -0.3 is 15.0 Å². The number of unbranched alkanes of at least 4 members (excludes halogenated alkanes) is 1. The van der Waals surface area contributed by atoms with E-state index in [-0.39, 0.29) is 5.56 Å². The lowest BCUT2D eigenvalue weighted by Crippen LogP contribution is -2.19. The van der Waals surface area contributed by atoms with Crippen LogP contribution in [0.15, 0.2) is 59.5 Å². The van der Waals surface area contributed by atoms with Gasteiger partial charge in [0.05, 0.1) is 0 Å². The minimum atomic E-state index is 0.0413. The molecule has 1 aromatic heterocycles. The van der Waals surface area contributed by atoms with Crippen molar-refractivity contribution in [3.63, 3.8) is 0 Å². The van der Waals surface area contributed by atoms with Gasteiger partial charge in [-0.1, -0.05) is 29.8 Å². The Labute approximate surface area is 147 Å². The van der Waals surface area contributed by atoms with Crippen molar-refractivity contribution in [3.8, 4) is 5.75 Å². The zero-order valence-electron chi connectivity index (χ0n) is 14.6. The lowest BCUT2D eigenvalue weighted by Gasteiger charge is -2.10. The molecule has 2 N–H and O–H groups in total. The molecule has 0 aliphatic rings. The maximum absolute atomic E-state index is 12.5. The molecule has 0 aliphatic carbocycles. The highest BCUT2D eigenvalue weighted by Crippen LogP contribution is 2.19. The molecule has 0 aliphatic heterocycles. The number of benzene rings is 2. The Morgan fingerprint density at radius 3 is 2.60 bits per heavy atom. The van der Waals surface area contributed by atoms with Gasteiger partial charge in [0.2, 0.25) is 0 Å². The van der Waals surface area contributed by atoms with Crippen molar-refractivity contribution in [2.75, 3.05) is 6.54 Å². The summed E-state index contributed by atoms with van der Waals surface area (Å²) in [7, 11) is 0. The third-order valence-electron chi connectivity index (χ3n) is 4.33. The first kappa shape index (κ1) is 17.2. The number of hydrogen-bond acceptors (Lipinski definition) is 3.